The van der Waals surface area contributed by atoms with E-state index in [0.29, 0.717) is 5.56 Å². The number of aliphatic carboxylic acids is 1. The molecule has 1 saturated carbocycles. The van der Waals surface area contributed by atoms with Gasteiger partial charge in [0.05, 0.1) is 28.7 Å². The van der Waals surface area contributed by atoms with E-state index in [2.05, 4.69) is 10.1 Å². The minimum Gasteiger partial charge on any atom is -0.481 e. The lowest BCUT2D eigenvalue weighted by Crippen LogP contribution is -2.40. The fourth-order valence-electron chi connectivity index (χ4n) is 5.03. The van der Waals surface area contributed by atoms with Gasteiger partial charge in [-0.1, -0.05) is 50.9 Å². The highest BCUT2D eigenvalue weighted by atomic mass is 35.5. The Balaban J connectivity index is 1.96. The number of hydrogen-bond acceptors (Lipinski definition) is 4. The van der Waals surface area contributed by atoms with E-state index in [9.17, 15) is 32.7 Å². The second-order valence-electron chi connectivity index (χ2n) is 11.0. The van der Waals surface area contributed by atoms with Crippen molar-refractivity contribution < 1.29 is 27.9 Å². The number of rotatable bonds is 7. The van der Waals surface area contributed by atoms with Gasteiger partial charge < -0.3 is 15.0 Å². The molecule has 13 heteroatoms. The lowest BCUT2D eigenvalue weighted by atomic mass is 9.78. The zero-order valence-corrected chi connectivity index (χ0v) is 23.0. The summed E-state index contributed by atoms with van der Waals surface area (Å²) in [5, 5.41) is 13.4. The Bertz CT molecular complexity index is 1250. The third-order valence-corrected chi connectivity index (χ3v) is 7.50. The molecule has 3 rings (SSSR count). The molecule has 0 unspecified atom stereocenters. The van der Waals surface area contributed by atoms with Crippen molar-refractivity contribution in [1.82, 2.24) is 19.7 Å². The Kier molecular flexibility index (Phi) is 8.92. The van der Waals surface area contributed by atoms with Gasteiger partial charge in [0, 0.05) is 19.3 Å². The number of nitrogens with zero attached hydrogens (tertiary/aromatic N) is 3. The molecular weight excluding hydrogens is 548 g/mol. The SMILES string of the molecule is C[C@@H]1C[C@@H](n2ncc(C(=O)N(CCc3c(Cl)c[nH]c(=O)c3Cl)CC(C)(C)C)c2C(F)(F)F)CC[C@@H]1C(=O)O. The van der Waals surface area contributed by atoms with Crippen molar-refractivity contribution in [2.45, 2.75) is 65.6 Å². The van der Waals surface area contributed by atoms with Crippen LogP contribution in [0.2, 0.25) is 10.0 Å². The number of carboxylic acids is 1. The smallest absolute Gasteiger partial charge is 0.433 e. The number of carboxylic acid groups (broad SMARTS) is 1. The molecule has 2 heterocycles. The summed E-state index contributed by atoms with van der Waals surface area (Å²) >= 11 is 12.3. The maximum atomic E-state index is 14.4. The Morgan fingerprint density at radius 3 is 2.45 bits per heavy atom. The molecule has 0 bridgehead atoms. The fraction of sp³-hybridized carbons (Fsp3) is 0.600. The van der Waals surface area contributed by atoms with Crippen LogP contribution < -0.4 is 5.56 Å². The lowest BCUT2D eigenvalue weighted by Gasteiger charge is -2.33. The molecule has 1 amide bonds. The number of H-pyrrole nitrogens is 1. The first-order valence-electron chi connectivity index (χ1n) is 12.2. The van der Waals surface area contributed by atoms with E-state index < -0.39 is 52.2 Å². The van der Waals surface area contributed by atoms with Gasteiger partial charge in [-0.3, -0.25) is 19.1 Å². The molecular formula is C25H31Cl2F3N4O4. The molecule has 210 valence electrons. The summed E-state index contributed by atoms with van der Waals surface area (Å²) < 4.78 is 43.9. The highest BCUT2D eigenvalue weighted by Crippen LogP contribution is 2.41. The van der Waals surface area contributed by atoms with Crippen molar-refractivity contribution in [3.63, 3.8) is 0 Å². The number of alkyl halides is 3. The van der Waals surface area contributed by atoms with Gasteiger partial charge in [-0.15, -0.1) is 0 Å². The monoisotopic (exact) mass is 578 g/mol. The van der Waals surface area contributed by atoms with Crippen molar-refractivity contribution in [2.24, 2.45) is 17.3 Å². The standard InChI is InChI=1S/C25H31Cl2F3N4O4/c1-13-9-14(5-6-15(13)23(37)38)34-20(25(28,29)30)17(10-32-34)22(36)33(12-24(2,3)4)8-7-16-18(26)11-31-21(35)19(16)27/h10-11,13-15H,5-9,12H2,1-4H3,(H,31,35)(H,37,38)/t13-,14+,15+/m1/s1. The van der Waals surface area contributed by atoms with Gasteiger partial charge in [-0.05, 0) is 42.6 Å². The van der Waals surface area contributed by atoms with E-state index in [-0.39, 0.29) is 54.7 Å². The number of halogens is 5. The Morgan fingerprint density at radius 2 is 1.89 bits per heavy atom. The summed E-state index contributed by atoms with van der Waals surface area (Å²) in [5.41, 5.74) is -2.47. The van der Waals surface area contributed by atoms with Gasteiger partial charge in [0.15, 0.2) is 5.69 Å². The second kappa shape index (κ2) is 11.3. The number of aromatic amines is 1. The number of nitrogens with one attached hydrogen (secondary N) is 1. The minimum atomic E-state index is -4.87. The maximum Gasteiger partial charge on any atom is 0.433 e. The highest BCUT2D eigenvalue weighted by Gasteiger charge is 2.44. The molecule has 38 heavy (non-hydrogen) atoms. The van der Waals surface area contributed by atoms with E-state index in [1.807, 2.05) is 20.8 Å². The predicted octanol–water partition coefficient (Wildman–Crippen LogP) is 5.69. The van der Waals surface area contributed by atoms with E-state index in [4.69, 9.17) is 23.2 Å². The van der Waals surface area contributed by atoms with Crippen LogP contribution in [0.15, 0.2) is 17.2 Å². The molecule has 0 spiro atoms. The van der Waals surface area contributed by atoms with Crippen LogP contribution >= 0.6 is 23.2 Å². The largest absolute Gasteiger partial charge is 0.481 e. The highest BCUT2D eigenvalue weighted by molar-refractivity contribution is 6.35. The molecule has 1 aliphatic carbocycles. The lowest BCUT2D eigenvalue weighted by molar-refractivity contribution is -0.149. The molecule has 0 radical (unpaired) electrons. The van der Waals surface area contributed by atoms with Crippen LogP contribution in [0.25, 0.3) is 0 Å². The van der Waals surface area contributed by atoms with Gasteiger partial charge in [-0.2, -0.15) is 18.3 Å². The number of aromatic nitrogens is 3. The maximum absolute atomic E-state index is 14.4. The number of hydrogen-bond donors (Lipinski definition) is 2. The predicted molar refractivity (Wildman–Crippen MR) is 137 cm³/mol. The summed E-state index contributed by atoms with van der Waals surface area (Å²) in [6.07, 6.45) is -2.01. The van der Waals surface area contributed by atoms with Crippen LogP contribution in [0.1, 0.15) is 74.6 Å². The van der Waals surface area contributed by atoms with Crippen LogP contribution in [0.5, 0.6) is 0 Å². The summed E-state index contributed by atoms with van der Waals surface area (Å²) in [6.45, 7) is 7.31. The van der Waals surface area contributed by atoms with Crippen molar-refractivity contribution in [3.05, 3.63) is 49.6 Å². The van der Waals surface area contributed by atoms with Crippen LogP contribution in [0.4, 0.5) is 13.2 Å². The average molecular weight is 579 g/mol. The third kappa shape index (κ3) is 6.72. The van der Waals surface area contributed by atoms with Crippen LogP contribution in [-0.2, 0) is 17.4 Å². The Labute approximate surface area is 228 Å². The van der Waals surface area contributed by atoms with Crippen LogP contribution in [0, 0.1) is 17.3 Å². The summed E-state index contributed by atoms with van der Waals surface area (Å²) in [6, 6.07) is -0.691. The minimum absolute atomic E-state index is 0.0395. The molecule has 1 fully saturated rings. The van der Waals surface area contributed by atoms with Crippen molar-refractivity contribution >= 4 is 35.1 Å². The third-order valence-electron chi connectivity index (χ3n) is 6.77. The normalized spacial score (nSPS) is 20.4. The zero-order valence-electron chi connectivity index (χ0n) is 21.5. The number of carbonyl (C=O) groups excluding carboxylic acids is 1. The van der Waals surface area contributed by atoms with E-state index in [1.165, 1.54) is 11.1 Å². The van der Waals surface area contributed by atoms with Crippen molar-refractivity contribution in [3.8, 4) is 0 Å². The Morgan fingerprint density at radius 1 is 1.24 bits per heavy atom. The quantitative estimate of drug-likeness (QED) is 0.438. The molecule has 3 atom stereocenters. The van der Waals surface area contributed by atoms with E-state index in [0.717, 1.165) is 10.9 Å². The molecule has 0 saturated heterocycles. The van der Waals surface area contributed by atoms with Crippen molar-refractivity contribution in [2.75, 3.05) is 13.1 Å². The first-order chi connectivity index (χ1) is 17.5. The van der Waals surface area contributed by atoms with Gasteiger partial charge in [0.25, 0.3) is 11.5 Å². The second-order valence-corrected chi connectivity index (χ2v) is 11.8. The van der Waals surface area contributed by atoms with E-state index >= 15 is 0 Å². The van der Waals surface area contributed by atoms with Gasteiger partial charge in [0.2, 0.25) is 0 Å². The van der Waals surface area contributed by atoms with Gasteiger partial charge in [0.1, 0.15) is 5.02 Å². The first kappa shape index (κ1) is 30.0. The number of pyridine rings is 1. The van der Waals surface area contributed by atoms with Gasteiger partial charge >= 0.3 is 12.1 Å². The molecule has 0 aliphatic heterocycles. The van der Waals surface area contributed by atoms with Crippen LogP contribution in [-0.4, -0.2) is 49.7 Å². The fourth-order valence-corrected chi connectivity index (χ4v) is 5.57. The van der Waals surface area contributed by atoms with Crippen LogP contribution in [0.3, 0.4) is 0 Å². The van der Waals surface area contributed by atoms with Gasteiger partial charge in [-0.25, -0.2) is 0 Å². The molecule has 1 aliphatic rings. The molecule has 0 aromatic carbocycles. The number of carbonyl (C=O) groups is 2. The molecule has 8 nitrogen and oxygen atoms in total. The molecule has 2 aromatic heterocycles. The van der Waals surface area contributed by atoms with Crippen molar-refractivity contribution in [1.29, 1.82) is 0 Å². The van der Waals surface area contributed by atoms with E-state index in [1.54, 1.807) is 6.92 Å². The zero-order chi connectivity index (χ0) is 28.6. The average Bonchev–Trinajstić information content (AvgIpc) is 3.25. The summed E-state index contributed by atoms with van der Waals surface area (Å²) in [7, 11) is 0. The molecule has 2 aromatic rings. The summed E-state index contributed by atoms with van der Waals surface area (Å²) in [5.74, 6) is -2.82. The number of amides is 1. The Hall–Kier alpha value is -2.53. The molecule has 2 N–H and O–H groups in total. The topological polar surface area (TPSA) is 108 Å². The summed E-state index contributed by atoms with van der Waals surface area (Å²) in [4.78, 5) is 40.6. The first-order valence-corrected chi connectivity index (χ1v) is 13.0.